The summed E-state index contributed by atoms with van der Waals surface area (Å²) in [7, 11) is 3.05. The maximum absolute atomic E-state index is 12.9. The number of Topliss-reactive ketones (excluding diaryl/α,β-unsaturated/α-hetero) is 1. The van der Waals surface area contributed by atoms with Crippen molar-refractivity contribution in [1.29, 1.82) is 0 Å². The van der Waals surface area contributed by atoms with Crippen LogP contribution in [0.5, 0.6) is 11.5 Å². The van der Waals surface area contributed by atoms with Gasteiger partial charge in [0.05, 0.1) is 25.5 Å². The normalized spacial score (nSPS) is 12.4. The first-order valence-electron chi connectivity index (χ1n) is 9.40. The number of rotatable bonds is 5. The summed E-state index contributed by atoms with van der Waals surface area (Å²) in [6, 6.07) is 18.7. The molecule has 0 unspecified atom stereocenters. The van der Waals surface area contributed by atoms with Gasteiger partial charge in [-0.2, -0.15) is 0 Å². The maximum atomic E-state index is 12.9. The molecule has 0 bridgehead atoms. The second-order valence-electron chi connectivity index (χ2n) is 6.82. The van der Waals surface area contributed by atoms with Crippen molar-refractivity contribution in [1.82, 2.24) is 0 Å². The highest BCUT2D eigenvalue weighted by atomic mass is 16.5. The number of ether oxygens (including phenoxy) is 2. The fourth-order valence-corrected chi connectivity index (χ4v) is 3.76. The van der Waals surface area contributed by atoms with Crippen LogP contribution in [-0.2, 0) is 6.42 Å². The molecule has 1 N–H and O–H groups in total. The number of benzene rings is 3. The number of amides is 1. The van der Waals surface area contributed by atoms with E-state index in [0.29, 0.717) is 41.2 Å². The van der Waals surface area contributed by atoms with Gasteiger partial charge in [0.1, 0.15) is 11.5 Å². The number of ketones is 1. The van der Waals surface area contributed by atoms with E-state index in [2.05, 4.69) is 5.32 Å². The van der Waals surface area contributed by atoms with Gasteiger partial charge in [-0.15, -0.1) is 0 Å². The van der Waals surface area contributed by atoms with Crippen LogP contribution in [0.1, 0.15) is 32.7 Å². The van der Waals surface area contributed by atoms with E-state index in [0.717, 1.165) is 16.7 Å². The van der Waals surface area contributed by atoms with Gasteiger partial charge in [-0.3, -0.25) is 9.59 Å². The van der Waals surface area contributed by atoms with Crippen molar-refractivity contribution >= 4 is 17.4 Å². The lowest BCUT2D eigenvalue weighted by molar-refractivity contribution is 0.0995. The van der Waals surface area contributed by atoms with Gasteiger partial charge < -0.3 is 14.8 Å². The van der Waals surface area contributed by atoms with Crippen LogP contribution in [0.15, 0.2) is 60.7 Å². The van der Waals surface area contributed by atoms with Crippen molar-refractivity contribution in [3.63, 3.8) is 0 Å². The smallest absolute Gasteiger partial charge is 0.259 e. The van der Waals surface area contributed by atoms with Gasteiger partial charge in [-0.05, 0) is 41.3 Å². The molecule has 5 heteroatoms. The summed E-state index contributed by atoms with van der Waals surface area (Å²) < 4.78 is 10.5. The monoisotopic (exact) mass is 387 g/mol. The Kier molecular flexibility index (Phi) is 5.04. The number of carbonyl (C=O) groups excluding carboxylic acids is 2. The van der Waals surface area contributed by atoms with Gasteiger partial charge in [0, 0.05) is 18.1 Å². The second-order valence-corrected chi connectivity index (χ2v) is 6.82. The lowest BCUT2D eigenvalue weighted by Gasteiger charge is -2.15. The van der Waals surface area contributed by atoms with Gasteiger partial charge in [0.15, 0.2) is 5.78 Å². The molecule has 146 valence electrons. The molecule has 0 fully saturated rings. The molecule has 1 aliphatic rings. The molecule has 0 radical (unpaired) electrons. The summed E-state index contributed by atoms with van der Waals surface area (Å²) in [5.74, 6) is 0.723. The van der Waals surface area contributed by atoms with Crippen molar-refractivity contribution in [2.24, 2.45) is 0 Å². The van der Waals surface area contributed by atoms with Crippen LogP contribution in [-0.4, -0.2) is 25.9 Å². The SMILES string of the molecule is COc1ccc(C(=O)Nc2ccc(-c3ccccc3)c3c2C(=O)CC3)c(OC)c1. The quantitative estimate of drug-likeness (QED) is 0.686. The molecule has 5 nitrogen and oxygen atoms in total. The zero-order valence-electron chi connectivity index (χ0n) is 16.3. The molecular formula is C24H21NO4. The summed E-state index contributed by atoms with van der Waals surface area (Å²) in [6.07, 6.45) is 1.13. The Labute approximate surface area is 169 Å². The van der Waals surface area contributed by atoms with Crippen molar-refractivity contribution in [3.8, 4) is 22.6 Å². The van der Waals surface area contributed by atoms with Crippen LogP contribution in [0.2, 0.25) is 0 Å². The van der Waals surface area contributed by atoms with Crippen LogP contribution in [0.3, 0.4) is 0 Å². The third-order valence-corrected chi connectivity index (χ3v) is 5.18. The minimum absolute atomic E-state index is 0.0507. The maximum Gasteiger partial charge on any atom is 0.259 e. The number of methoxy groups -OCH3 is 2. The molecule has 0 atom stereocenters. The van der Waals surface area contributed by atoms with Gasteiger partial charge in [0.25, 0.3) is 5.91 Å². The molecule has 29 heavy (non-hydrogen) atoms. The lowest BCUT2D eigenvalue weighted by atomic mass is 9.95. The first-order chi connectivity index (χ1) is 14.1. The average molecular weight is 387 g/mol. The number of anilines is 1. The van der Waals surface area contributed by atoms with Crippen molar-refractivity contribution < 1.29 is 19.1 Å². The van der Waals surface area contributed by atoms with Gasteiger partial charge in [0.2, 0.25) is 0 Å². The van der Waals surface area contributed by atoms with Crippen LogP contribution < -0.4 is 14.8 Å². The van der Waals surface area contributed by atoms with Crippen LogP contribution in [0.25, 0.3) is 11.1 Å². The van der Waals surface area contributed by atoms with Gasteiger partial charge in [-0.25, -0.2) is 0 Å². The molecule has 0 aliphatic heterocycles. The summed E-state index contributed by atoms with van der Waals surface area (Å²) in [4.78, 5) is 25.5. The van der Waals surface area contributed by atoms with Crippen LogP contribution in [0, 0.1) is 0 Å². The van der Waals surface area contributed by atoms with E-state index in [4.69, 9.17) is 9.47 Å². The Morgan fingerprint density at radius 1 is 0.931 bits per heavy atom. The van der Waals surface area contributed by atoms with Crippen molar-refractivity contribution in [3.05, 3.63) is 77.4 Å². The molecule has 0 aromatic heterocycles. The van der Waals surface area contributed by atoms with E-state index in [-0.39, 0.29) is 11.7 Å². The first kappa shape index (κ1) is 18.7. The Hall–Kier alpha value is -3.60. The van der Waals surface area contributed by atoms with Crippen molar-refractivity contribution in [2.75, 3.05) is 19.5 Å². The van der Waals surface area contributed by atoms with Crippen molar-refractivity contribution in [2.45, 2.75) is 12.8 Å². The molecule has 0 saturated heterocycles. The highest BCUT2D eigenvalue weighted by molar-refractivity contribution is 6.13. The standard InChI is InChI=1S/C24H21NO4/c1-28-16-8-9-19(22(14-16)29-2)24(27)25-20-12-10-17(15-6-4-3-5-7-15)18-11-13-21(26)23(18)20/h3-10,12,14H,11,13H2,1-2H3,(H,25,27). The zero-order valence-corrected chi connectivity index (χ0v) is 16.3. The third-order valence-electron chi connectivity index (χ3n) is 5.18. The van der Waals surface area contributed by atoms with E-state index >= 15 is 0 Å². The summed E-state index contributed by atoms with van der Waals surface area (Å²) in [6.45, 7) is 0. The topological polar surface area (TPSA) is 64.6 Å². The highest BCUT2D eigenvalue weighted by Crippen LogP contribution is 2.37. The Bertz CT molecular complexity index is 1090. The molecule has 0 saturated carbocycles. The number of hydrogen-bond donors (Lipinski definition) is 1. The minimum Gasteiger partial charge on any atom is -0.497 e. The predicted molar refractivity (Wildman–Crippen MR) is 112 cm³/mol. The fraction of sp³-hybridized carbons (Fsp3) is 0.167. The molecule has 3 aromatic carbocycles. The fourth-order valence-electron chi connectivity index (χ4n) is 3.76. The first-order valence-corrected chi connectivity index (χ1v) is 9.40. The van der Waals surface area contributed by atoms with Crippen LogP contribution in [0.4, 0.5) is 5.69 Å². The van der Waals surface area contributed by atoms with Crippen LogP contribution >= 0.6 is 0 Å². The summed E-state index contributed by atoms with van der Waals surface area (Å²) in [5, 5.41) is 2.90. The highest BCUT2D eigenvalue weighted by Gasteiger charge is 2.27. The predicted octanol–water partition coefficient (Wildman–Crippen LogP) is 4.75. The molecule has 4 rings (SSSR count). The Morgan fingerprint density at radius 3 is 2.45 bits per heavy atom. The Balaban J connectivity index is 1.71. The van der Waals surface area contributed by atoms with Gasteiger partial charge in [-0.1, -0.05) is 36.4 Å². The number of hydrogen-bond acceptors (Lipinski definition) is 4. The molecule has 1 aliphatic carbocycles. The Morgan fingerprint density at radius 2 is 1.72 bits per heavy atom. The minimum atomic E-state index is -0.334. The molecule has 0 spiro atoms. The summed E-state index contributed by atoms with van der Waals surface area (Å²) >= 11 is 0. The second kappa shape index (κ2) is 7.80. The molecule has 0 heterocycles. The van der Waals surface area contributed by atoms with E-state index in [9.17, 15) is 9.59 Å². The summed E-state index contributed by atoms with van der Waals surface area (Å²) in [5.41, 5.74) is 4.59. The van der Waals surface area contributed by atoms with E-state index in [1.54, 1.807) is 31.4 Å². The lowest BCUT2D eigenvalue weighted by Crippen LogP contribution is -2.15. The largest absolute Gasteiger partial charge is 0.497 e. The molecular weight excluding hydrogens is 366 g/mol. The number of nitrogens with one attached hydrogen (secondary N) is 1. The van der Waals surface area contributed by atoms with E-state index in [1.807, 2.05) is 36.4 Å². The third kappa shape index (κ3) is 3.47. The van der Waals surface area contributed by atoms with Gasteiger partial charge >= 0.3 is 0 Å². The number of fused-ring (bicyclic) bond motifs is 1. The average Bonchev–Trinajstić information content (AvgIpc) is 3.16. The zero-order chi connectivity index (χ0) is 20.4. The van der Waals surface area contributed by atoms with E-state index < -0.39 is 0 Å². The number of carbonyl (C=O) groups is 2. The molecule has 3 aromatic rings. The molecule has 1 amide bonds. The van der Waals surface area contributed by atoms with E-state index in [1.165, 1.54) is 7.11 Å².